The molecule has 15 heavy (non-hydrogen) atoms. The van der Waals surface area contributed by atoms with E-state index in [1.165, 1.54) is 37.9 Å². The predicted molar refractivity (Wildman–Crippen MR) is 67.5 cm³/mol. The predicted octanol–water partition coefficient (Wildman–Crippen LogP) is 3.33. The minimum Gasteiger partial charge on any atom is -0.366 e. The van der Waals surface area contributed by atoms with Gasteiger partial charge in [0, 0.05) is 19.5 Å². The third kappa shape index (κ3) is 3.84. The molecule has 2 nitrogen and oxygen atoms in total. The number of nitrogens with zero attached hydrogens (tertiary/aromatic N) is 2. The third-order valence-electron chi connectivity index (χ3n) is 2.97. The molecule has 0 radical (unpaired) electrons. The van der Waals surface area contributed by atoms with Crippen LogP contribution < -0.4 is 0 Å². The van der Waals surface area contributed by atoms with Gasteiger partial charge in [-0.05, 0) is 12.8 Å². The summed E-state index contributed by atoms with van der Waals surface area (Å²) in [6.07, 6.45) is 6.69. The maximum absolute atomic E-state index is 4.95. The summed E-state index contributed by atoms with van der Waals surface area (Å²) in [7, 11) is 4.21. The van der Waals surface area contributed by atoms with Gasteiger partial charge in [0.2, 0.25) is 0 Å². The van der Waals surface area contributed by atoms with Crippen LogP contribution in [-0.4, -0.2) is 30.9 Å². The van der Waals surface area contributed by atoms with Gasteiger partial charge in [0.1, 0.15) is 5.84 Å². The molecule has 0 aliphatic heterocycles. The molecule has 1 rings (SSSR count). The molecule has 0 amide bonds. The van der Waals surface area contributed by atoms with Gasteiger partial charge in [0.25, 0.3) is 0 Å². The summed E-state index contributed by atoms with van der Waals surface area (Å²) in [5.74, 6) is 1.24. The first kappa shape index (κ1) is 12.5. The van der Waals surface area contributed by atoms with E-state index in [4.69, 9.17) is 4.99 Å². The molecule has 1 fully saturated rings. The van der Waals surface area contributed by atoms with Crippen LogP contribution in [0.4, 0.5) is 0 Å². The molecule has 1 aliphatic carbocycles. The highest BCUT2D eigenvalue weighted by Crippen LogP contribution is 2.24. The van der Waals surface area contributed by atoms with Crippen LogP contribution in [0.3, 0.4) is 0 Å². The molecule has 0 spiro atoms. The number of hydrogen-bond donors (Lipinski definition) is 0. The summed E-state index contributed by atoms with van der Waals surface area (Å²) in [6.45, 7) is 6.73. The number of amidine groups is 1. The Morgan fingerprint density at radius 3 is 2.00 bits per heavy atom. The molecule has 1 aliphatic rings. The molecule has 0 aromatic rings. The van der Waals surface area contributed by atoms with Crippen molar-refractivity contribution >= 4 is 5.84 Å². The maximum Gasteiger partial charge on any atom is 0.104 e. The summed E-state index contributed by atoms with van der Waals surface area (Å²) in [5.41, 5.74) is 0.168. The van der Waals surface area contributed by atoms with Gasteiger partial charge in [0.15, 0.2) is 0 Å². The van der Waals surface area contributed by atoms with Crippen molar-refractivity contribution in [3.05, 3.63) is 0 Å². The van der Waals surface area contributed by atoms with Gasteiger partial charge in [-0.3, -0.25) is 4.99 Å². The maximum atomic E-state index is 4.95. The highest BCUT2D eigenvalue weighted by atomic mass is 15.2. The molecule has 0 aromatic heterocycles. The number of hydrogen-bond acceptors (Lipinski definition) is 1. The number of rotatable bonds is 1. The van der Waals surface area contributed by atoms with Gasteiger partial charge in [-0.1, -0.05) is 40.0 Å². The van der Waals surface area contributed by atoms with Crippen LogP contribution in [0.15, 0.2) is 4.99 Å². The normalized spacial score (nSPS) is 20.5. The quantitative estimate of drug-likeness (QED) is 0.479. The van der Waals surface area contributed by atoms with Crippen LogP contribution in [0.5, 0.6) is 0 Å². The molecular formula is C13H26N2. The van der Waals surface area contributed by atoms with E-state index < -0.39 is 0 Å². The second kappa shape index (κ2) is 5.00. The topological polar surface area (TPSA) is 15.6 Å². The highest BCUT2D eigenvalue weighted by molar-refractivity contribution is 5.86. The zero-order chi connectivity index (χ0) is 11.5. The molecule has 0 atom stereocenters. The lowest BCUT2D eigenvalue weighted by atomic mass is 9.92. The SMILES string of the molecule is CN(C)C(=NC1CCCCC1)C(C)(C)C. The van der Waals surface area contributed by atoms with Crippen LogP contribution in [0.2, 0.25) is 0 Å². The minimum atomic E-state index is 0.168. The van der Waals surface area contributed by atoms with Gasteiger partial charge in [-0.2, -0.15) is 0 Å². The first-order chi connectivity index (χ1) is 6.91. The van der Waals surface area contributed by atoms with Gasteiger partial charge in [0.05, 0.1) is 6.04 Å². The third-order valence-corrected chi connectivity index (χ3v) is 2.97. The highest BCUT2D eigenvalue weighted by Gasteiger charge is 2.23. The van der Waals surface area contributed by atoms with Gasteiger partial charge in [-0.15, -0.1) is 0 Å². The van der Waals surface area contributed by atoms with Crippen LogP contribution >= 0.6 is 0 Å². The van der Waals surface area contributed by atoms with Crippen molar-refractivity contribution < 1.29 is 0 Å². The van der Waals surface area contributed by atoms with E-state index in [9.17, 15) is 0 Å². The Morgan fingerprint density at radius 2 is 1.60 bits per heavy atom. The largest absolute Gasteiger partial charge is 0.366 e. The summed E-state index contributed by atoms with van der Waals surface area (Å²) < 4.78 is 0. The molecule has 0 saturated heterocycles. The molecule has 88 valence electrons. The van der Waals surface area contributed by atoms with E-state index in [1.807, 2.05) is 0 Å². The molecule has 0 bridgehead atoms. The van der Waals surface area contributed by atoms with Crippen LogP contribution in [0, 0.1) is 5.41 Å². The van der Waals surface area contributed by atoms with Crippen molar-refractivity contribution in [1.29, 1.82) is 0 Å². The van der Waals surface area contributed by atoms with Crippen LogP contribution in [0.1, 0.15) is 52.9 Å². The molecular weight excluding hydrogens is 184 g/mol. The monoisotopic (exact) mass is 210 g/mol. The summed E-state index contributed by atoms with van der Waals surface area (Å²) >= 11 is 0. The molecule has 2 heteroatoms. The molecule has 1 saturated carbocycles. The zero-order valence-electron chi connectivity index (χ0n) is 11.0. The van der Waals surface area contributed by atoms with E-state index in [0.717, 1.165) is 0 Å². The van der Waals surface area contributed by atoms with E-state index in [1.54, 1.807) is 0 Å². The van der Waals surface area contributed by atoms with E-state index in [0.29, 0.717) is 6.04 Å². The van der Waals surface area contributed by atoms with Crippen molar-refractivity contribution in [1.82, 2.24) is 4.90 Å². The van der Waals surface area contributed by atoms with Crippen LogP contribution in [0.25, 0.3) is 0 Å². The Labute approximate surface area is 94.8 Å². The lowest BCUT2D eigenvalue weighted by Gasteiger charge is -2.30. The zero-order valence-corrected chi connectivity index (χ0v) is 11.0. The Morgan fingerprint density at radius 1 is 1.07 bits per heavy atom. The fraction of sp³-hybridized carbons (Fsp3) is 0.923. The Kier molecular flexibility index (Phi) is 4.18. The number of aliphatic imine (C=N–C) groups is 1. The van der Waals surface area contributed by atoms with Crippen molar-refractivity contribution in [3.63, 3.8) is 0 Å². The second-order valence-corrected chi connectivity index (χ2v) is 5.89. The molecule has 0 heterocycles. The summed E-state index contributed by atoms with van der Waals surface area (Å²) in [6, 6.07) is 0.579. The van der Waals surface area contributed by atoms with Gasteiger partial charge < -0.3 is 4.90 Å². The van der Waals surface area contributed by atoms with E-state index in [2.05, 4.69) is 39.8 Å². The van der Waals surface area contributed by atoms with Crippen molar-refractivity contribution in [2.45, 2.75) is 58.9 Å². The van der Waals surface area contributed by atoms with Gasteiger partial charge >= 0.3 is 0 Å². The smallest absolute Gasteiger partial charge is 0.104 e. The molecule has 0 unspecified atom stereocenters. The van der Waals surface area contributed by atoms with Crippen LogP contribution in [-0.2, 0) is 0 Å². The second-order valence-electron chi connectivity index (χ2n) is 5.89. The van der Waals surface area contributed by atoms with Crippen molar-refractivity contribution in [2.75, 3.05) is 14.1 Å². The Balaban J connectivity index is 2.74. The van der Waals surface area contributed by atoms with E-state index >= 15 is 0 Å². The van der Waals surface area contributed by atoms with Gasteiger partial charge in [-0.25, -0.2) is 0 Å². The summed E-state index contributed by atoms with van der Waals surface area (Å²) in [5, 5.41) is 0. The van der Waals surface area contributed by atoms with Crippen molar-refractivity contribution in [2.24, 2.45) is 10.4 Å². The van der Waals surface area contributed by atoms with Crippen molar-refractivity contribution in [3.8, 4) is 0 Å². The average Bonchev–Trinajstić information content (AvgIpc) is 2.13. The summed E-state index contributed by atoms with van der Waals surface area (Å²) in [4.78, 5) is 7.12. The fourth-order valence-electron chi connectivity index (χ4n) is 2.36. The standard InChI is InChI=1S/C13H26N2/c1-13(2,3)12(15(4)5)14-11-9-7-6-8-10-11/h11H,6-10H2,1-5H3. The Bertz CT molecular complexity index is 217. The van der Waals surface area contributed by atoms with E-state index in [-0.39, 0.29) is 5.41 Å². The fourth-order valence-corrected chi connectivity index (χ4v) is 2.36. The Hall–Kier alpha value is -0.530. The average molecular weight is 210 g/mol. The minimum absolute atomic E-state index is 0.168. The first-order valence-corrected chi connectivity index (χ1v) is 6.17. The molecule has 0 N–H and O–H groups in total. The molecule has 0 aromatic carbocycles. The lowest BCUT2D eigenvalue weighted by Crippen LogP contribution is -2.35. The first-order valence-electron chi connectivity index (χ1n) is 6.17. The lowest BCUT2D eigenvalue weighted by molar-refractivity contribution is 0.418.